The van der Waals surface area contributed by atoms with Gasteiger partial charge in [0.05, 0.1) is 6.10 Å². The summed E-state index contributed by atoms with van der Waals surface area (Å²) >= 11 is 0. The maximum Gasteiger partial charge on any atom is 0.323 e. The fourth-order valence-electron chi connectivity index (χ4n) is 3.37. The van der Waals surface area contributed by atoms with E-state index in [1.807, 2.05) is 0 Å². The monoisotopic (exact) mass is 313 g/mol. The second kappa shape index (κ2) is 8.48. The number of nitrogens with zero attached hydrogens (tertiary/aromatic N) is 1. The van der Waals surface area contributed by atoms with E-state index in [1.165, 1.54) is 11.3 Å². The molecule has 2 atom stereocenters. The fourth-order valence-corrected chi connectivity index (χ4v) is 3.37. The molecule has 1 N–H and O–H groups in total. The van der Waals surface area contributed by atoms with Gasteiger partial charge in [-0.15, -0.1) is 0 Å². The summed E-state index contributed by atoms with van der Waals surface area (Å²) < 4.78 is 11.0. The van der Waals surface area contributed by atoms with E-state index in [-0.39, 0.29) is 31.2 Å². The first kappa shape index (κ1) is 17.2. The highest BCUT2D eigenvalue weighted by Gasteiger charge is 2.28. The Kier molecular flexibility index (Phi) is 6.64. The third-order valence-electron chi connectivity index (χ3n) is 4.59. The molecule has 1 saturated carbocycles. The topological polar surface area (TPSA) is 76.1 Å². The van der Waals surface area contributed by atoms with Crippen LogP contribution in [0.5, 0.6) is 0 Å². The van der Waals surface area contributed by atoms with Crippen molar-refractivity contribution in [3.63, 3.8) is 0 Å². The van der Waals surface area contributed by atoms with Crippen molar-refractivity contribution in [1.82, 2.24) is 4.90 Å². The molecule has 0 aromatic heterocycles. The van der Waals surface area contributed by atoms with E-state index in [9.17, 15) is 9.59 Å². The molecule has 0 aromatic rings. The molecule has 1 aliphatic heterocycles. The lowest BCUT2D eigenvalue weighted by Gasteiger charge is -2.34. The summed E-state index contributed by atoms with van der Waals surface area (Å²) in [6, 6.07) is -0.0498. The Hall–Kier alpha value is -1.14. The number of carboxylic acids is 1. The van der Waals surface area contributed by atoms with Crippen LogP contribution in [0.25, 0.3) is 0 Å². The highest BCUT2D eigenvalue weighted by molar-refractivity contribution is 5.82. The molecule has 2 fully saturated rings. The molecule has 1 saturated heterocycles. The number of aliphatic carboxylic acids is 1. The number of hydrogen-bond donors (Lipinski definition) is 1. The molecule has 0 unspecified atom stereocenters. The number of carboxylic acid groups (broad SMARTS) is 1. The van der Waals surface area contributed by atoms with E-state index >= 15 is 0 Å². The zero-order valence-corrected chi connectivity index (χ0v) is 13.3. The first-order valence-corrected chi connectivity index (χ1v) is 8.27. The average molecular weight is 313 g/mol. The van der Waals surface area contributed by atoms with E-state index < -0.39 is 5.97 Å². The number of ether oxygens (including phenoxy) is 2. The highest BCUT2D eigenvalue weighted by Crippen LogP contribution is 2.25. The molecule has 22 heavy (non-hydrogen) atoms. The minimum Gasteiger partial charge on any atom is -0.480 e. The van der Waals surface area contributed by atoms with Gasteiger partial charge in [0.2, 0.25) is 5.91 Å². The van der Waals surface area contributed by atoms with Crippen LogP contribution < -0.4 is 0 Å². The van der Waals surface area contributed by atoms with Gasteiger partial charge >= 0.3 is 5.97 Å². The Labute approximate surface area is 131 Å². The van der Waals surface area contributed by atoms with Gasteiger partial charge in [0, 0.05) is 19.3 Å². The van der Waals surface area contributed by atoms with Gasteiger partial charge in [-0.2, -0.15) is 0 Å². The van der Waals surface area contributed by atoms with Gasteiger partial charge in [-0.05, 0) is 31.6 Å². The zero-order valence-electron chi connectivity index (χ0n) is 13.3. The Balaban J connectivity index is 1.85. The van der Waals surface area contributed by atoms with Crippen LogP contribution in [0.3, 0.4) is 0 Å². The minimum absolute atomic E-state index is 0.0119. The molecular formula is C16H27NO5. The third-order valence-corrected chi connectivity index (χ3v) is 4.59. The Bertz CT molecular complexity index is 381. The van der Waals surface area contributed by atoms with Crippen LogP contribution in [0.2, 0.25) is 0 Å². The molecule has 0 radical (unpaired) electrons. The molecule has 1 amide bonds. The first-order chi connectivity index (χ1) is 10.6. The van der Waals surface area contributed by atoms with Crippen LogP contribution in [0.4, 0.5) is 0 Å². The predicted molar refractivity (Wildman–Crippen MR) is 80.6 cm³/mol. The molecule has 0 bridgehead atoms. The summed E-state index contributed by atoms with van der Waals surface area (Å²) in [6.45, 7) is 3.09. The molecule has 2 aliphatic rings. The van der Waals surface area contributed by atoms with E-state index in [1.54, 1.807) is 0 Å². The number of rotatable bonds is 6. The van der Waals surface area contributed by atoms with Crippen molar-refractivity contribution in [3.05, 3.63) is 0 Å². The summed E-state index contributed by atoms with van der Waals surface area (Å²) in [5.74, 6) is -0.557. The van der Waals surface area contributed by atoms with Crippen LogP contribution in [-0.2, 0) is 19.1 Å². The normalized spacial score (nSPS) is 26.6. The van der Waals surface area contributed by atoms with Crippen LogP contribution in [0, 0.1) is 5.92 Å². The van der Waals surface area contributed by atoms with Crippen molar-refractivity contribution in [2.75, 3.05) is 26.4 Å². The Morgan fingerprint density at radius 2 is 1.95 bits per heavy atom. The summed E-state index contributed by atoms with van der Waals surface area (Å²) in [7, 11) is 0. The lowest BCUT2D eigenvalue weighted by molar-refractivity contribution is -0.151. The smallest absolute Gasteiger partial charge is 0.323 e. The average Bonchev–Trinajstić information content (AvgIpc) is 2.51. The van der Waals surface area contributed by atoms with Crippen LogP contribution in [-0.4, -0.2) is 60.4 Å². The maximum atomic E-state index is 12.4. The predicted octanol–water partition coefficient (Wildman–Crippen LogP) is 1.67. The van der Waals surface area contributed by atoms with Gasteiger partial charge in [0.25, 0.3) is 0 Å². The van der Waals surface area contributed by atoms with E-state index in [0.717, 1.165) is 19.3 Å². The molecule has 1 aliphatic carbocycles. The van der Waals surface area contributed by atoms with Crippen molar-refractivity contribution in [2.45, 2.75) is 57.6 Å². The van der Waals surface area contributed by atoms with Crippen molar-refractivity contribution in [3.8, 4) is 0 Å². The van der Waals surface area contributed by atoms with Crippen LogP contribution in [0.15, 0.2) is 0 Å². The standard InChI is InChI=1S/C16H27NO5/c1-12-3-2-4-14(9-12)22-11-15(18)17(10-16(19)20)13-5-7-21-8-6-13/h12-14H,2-11H2,1H3,(H,19,20)/t12-,14-/m1/s1. The van der Waals surface area contributed by atoms with Crippen LogP contribution >= 0.6 is 0 Å². The maximum absolute atomic E-state index is 12.4. The van der Waals surface area contributed by atoms with Crippen molar-refractivity contribution < 1.29 is 24.2 Å². The second-order valence-corrected chi connectivity index (χ2v) is 6.46. The highest BCUT2D eigenvalue weighted by atomic mass is 16.5. The number of amides is 1. The van der Waals surface area contributed by atoms with Crippen molar-refractivity contribution >= 4 is 11.9 Å². The molecule has 1 heterocycles. The Morgan fingerprint density at radius 3 is 2.59 bits per heavy atom. The minimum atomic E-state index is -0.980. The van der Waals surface area contributed by atoms with E-state index in [2.05, 4.69) is 6.92 Å². The second-order valence-electron chi connectivity index (χ2n) is 6.46. The molecule has 2 rings (SSSR count). The molecule has 0 spiro atoms. The third kappa shape index (κ3) is 5.25. The SMILES string of the molecule is C[C@@H]1CCC[C@@H](OCC(=O)N(CC(=O)O)C2CCOCC2)C1. The Morgan fingerprint density at radius 1 is 1.23 bits per heavy atom. The number of carbonyl (C=O) groups is 2. The van der Waals surface area contributed by atoms with Gasteiger partial charge in [0.1, 0.15) is 13.2 Å². The summed E-state index contributed by atoms with van der Waals surface area (Å²) in [6.07, 6.45) is 5.87. The van der Waals surface area contributed by atoms with Gasteiger partial charge in [-0.1, -0.05) is 19.8 Å². The summed E-state index contributed by atoms with van der Waals surface area (Å²) in [4.78, 5) is 24.9. The van der Waals surface area contributed by atoms with Crippen molar-refractivity contribution in [1.29, 1.82) is 0 Å². The quantitative estimate of drug-likeness (QED) is 0.807. The molecule has 6 nitrogen and oxygen atoms in total. The van der Waals surface area contributed by atoms with E-state index in [0.29, 0.717) is 32.0 Å². The molecule has 126 valence electrons. The van der Waals surface area contributed by atoms with Crippen LogP contribution in [0.1, 0.15) is 45.4 Å². The van der Waals surface area contributed by atoms with Crippen molar-refractivity contribution in [2.24, 2.45) is 5.92 Å². The van der Waals surface area contributed by atoms with Gasteiger partial charge in [-0.3, -0.25) is 9.59 Å². The lowest BCUT2D eigenvalue weighted by Crippen LogP contribution is -2.47. The zero-order chi connectivity index (χ0) is 15.9. The van der Waals surface area contributed by atoms with Gasteiger partial charge in [0.15, 0.2) is 0 Å². The molecule has 0 aromatic carbocycles. The number of hydrogen-bond acceptors (Lipinski definition) is 4. The van der Waals surface area contributed by atoms with Gasteiger partial charge in [-0.25, -0.2) is 0 Å². The largest absolute Gasteiger partial charge is 0.480 e. The van der Waals surface area contributed by atoms with Gasteiger partial charge < -0.3 is 19.5 Å². The number of carbonyl (C=O) groups excluding carboxylic acids is 1. The first-order valence-electron chi connectivity index (χ1n) is 8.27. The van der Waals surface area contributed by atoms with E-state index in [4.69, 9.17) is 14.6 Å². The molecule has 6 heteroatoms. The lowest BCUT2D eigenvalue weighted by atomic mass is 9.89. The fraction of sp³-hybridized carbons (Fsp3) is 0.875. The summed E-state index contributed by atoms with van der Waals surface area (Å²) in [5, 5.41) is 9.05. The summed E-state index contributed by atoms with van der Waals surface area (Å²) in [5.41, 5.74) is 0. The molecular weight excluding hydrogens is 286 g/mol.